The van der Waals surface area contributed by atoms with Gasteiger partial charge in [-0.1, -0.05) is 0 Å². The quantitative estimate of drug-likeness (QED) is 0.779. The normalized spacial score (nSPS) is 15.1. The number of aromatic amines is 1. The van der Waals surface area contributed by atoms with Gasteiger partial charge < -0.3 is 10.3 Å². The van der Waals surface area contributed by atoms with Gasteiger partial charge in [0.05, 0.1) is 16.9 Å². The minimum absolute atomic E-state index is 0.0442. The van der Waals surface area contributed by atoms with Crippen LogP contribution in [0.3, 0.4) is 0 Å². The van der Waals surface area contributed by atoms with E-state index < -0.39 is 11.7 Å². The van der Waals surface area contributed by atoms with Crippen molar-refractivity contribution in [1.29, 1.82) is 0 Å². The molecule has 0 fully saturated rings. The molecule has 0 saturated carbocycles. The molecular formula is C13H11F3N2O. The van der Waals surface area contributed by atoms with Crippen LogP contribution in [0.2, 0.25) is 0 Å². The Kier molecular flexibility index (Phi) is 2.55. The van der Waals surface area contributed by atoms with Crippen molar-refractivity contribution in [3.05, 3.63) is 29.0 Å². The molecule has 0 radical (unpaired) electrons. The second-order valence-electron chi connectivity index (χ2n) is 4.62. The Bertz CT molecular complexity index is 658. The Hall–Kier alpha value is -1.98. The summed E-state index contributed by atoms with van der Waals surface area (Å²) in [6.45, 7) is 0.534. The lowest BCUT2D eigenvalue weighted by atomic mass is 9.96. The molecule has 0 spiro atoms. The zero-order chi connectivity index (χ0) is 13.6. The lowest BCUT2D eigenvalue weighted by Gasteiger charge is -2.23. The van der Waals surface area contributed by atoms with Crippen LogP contribution < -0.4 is 5.32 Å². The fourth-order valence-corrected chi connectivity index (χ4v) is 2.60. The van der Waals surface area contributed by atoms with Crippen LogP contribution in [0, 0.1) is 0 Å². The summed E-state index contributed by atoms with van der Waals surface area (Å²) in [6.07, 6.45) is -2.52. The lowest BCUT2D eigenvalue weighted by molar-refractivity contribution is -0.135. The van der Waals surface area contributed by atoms with Crippen LogP contribution in [-0.2, 0) is 12.6 Å². The molecule has 0 aliphatic carbocycles. The van der Waals surface area contributed by atoms with Crippen molar-refractivity contribution in [3.63, 3.8) is 0 Å². The highest BCUT2D eigenvalue weighted by molar-refractivity contribution is 5.95. The number of anilines is 1. The van der Waals surface area contributed by atoms with E-state index in [1.807, 2.05) is 0 Å². The fraction of sp³-hybridized carbons (Fsp3) is 0.308. The summed E-state index contributed by atoms with van der Waals surface area (Å²) in [6, 6.07) is 2.95. The van der Waals surface area contributed by atoms with Gasteiger partial charge in [-0.3, -0.25) is 4.79 Å². The predicted octanol–water partition coefficient (Wildman–Crippen LogP) is 3.36. The van der Waals surface area contributed by atoms with Gasteiger partial charge in [-0.05, 0) is 30.5 Å². The summed E-state index contributed by atoms with van der Waals surface area (Å²) in [5.41, 5.74) is 0.636. The number of carbonyl (C=O) groups is 1. The van der Waals surface area contributed by atoms with Gasteiger partial charge in [-0.2, -0.15) is 13.2 Å². The van der Waals surface area contributed by atoms with Crippen molar-refractivity contribution in [1.82, 2.24) is 4.98 Å². The molecule has 100 valence electrons. The highest BCUT2D eigenvalue weighted by atomic mass is 19.4. The van der Waals surface area contributed by atoms with E-state index >= 15 is 0 Å². The van der Waals surface area contributed by atoms with Crippen LogP contribution in [0.4, 0.5) is 18.9 Å². The number of H-pyrrole nitrogens is 1. The second kappa shape index (κ2) is 4.01. The van der Waals surface area contributed by atoms with Gasteiger partial charge in [0, 0.05) is 17.4 Å². The Morgan fingerprint density at radius 1 is 1.26 bits per heavy atom. The molecule has 19 heavy (non-hydrogen) atoms. The minimum atomic E-state index is -4.45. The Balaban J connectivity index is 2.38. The number of aldehydes is 1. The second-order valence-corrected chi connectivity index (χ2v) is 4.62. The van der Waals surface area contributed by atoms with Gasteiger partial charge in [-0.25, -0.2) is 0 Å². The van der Waals surface area contributed by atoms with E-state index in [-0.39, 0.29) is 16.8 Å². The molecule has 1 aliphatic rings. The average molecular weight is 268 g/mol. The van der Waals surface area contributed by atoms with Crippen molar-refractivity contribution >= 4 is 22.9 Å². The maximum Gasteiger partial charge on any atom is 0.419 e. The summed E-state index contributed by atoms with van der Waals surface area (Å²) in [5.74, 6) is 0. The van der Waals surface area contributed by atoms with Crippen LogP contribution in [0.15, 0.2) is 12.1 Å². The van der Waals surface area contributed by atoms with E-state index in [0.29, 0.717) is 30.3 Å². The number of alkyl halides is 3. The molecule has 1 aromatic heterocycles. The highest BCUT2D eigenvalue weighted by Gasteiger charge is 2.37. The van der Waals surface area contributed by atoms with Gasteiger partial charge in [0.15, 0.2) is 6.29 Å². The maximum atomic E-state index is 13.3. The number of benzene rings is 1. The third kappa shape index (κ3) is 1.87. The Labute approximate surface area is 106 Å². The largest absolute Gasteiger partial charge is 0.419 e. The van der Waals surface area contributed by atoms with Crippen LogP contribution in [0.25, 0.3) is 10.9 Å². The monoisotopic (exact) mass is 268 g/mol. The third-order valence-electron chi connectivity index (χ3n) is 3.36. The van der Waals surface area contributed by atoms with E-state index in [1.165, 1.54) is 6.07 Å². The molecule has 0 unspecified atom stereocenters. The molecule has 3 nitrogen and oxygen atoms in total. The number of hydrogen-bond donors (Lipinski definition) is 2. The number of hydrogen-bond acceptors (Lipinski definition) is 2. The summed E-state index contributed by atoms with van der Waals surface area (Å²) in [4.78, 5) is 13.4. The number of halogens is 3. The SMILES string of the molecule is O=Cc1cc2c(C(F)(F)F)c3c(cc2[nH]1)CCCN3. The Morgan fingerprint density at radius 3 is 2.74 bits per heavy atom. The van der Waals surface area contributed by atoms with E-state index in [9.17, 15) is 18.0 Å². The zero-order valence-electron chi connectivity index (χ0n) is 9.90. The number of nitrogens with one attached hydrogen (secondary N) is 2. The van der Waals surface area contributed by atoms with Crippen molar-refractivity contribution in [2.75, 3.05) is 11.9 Å². The molecular weight excluding hydrogens is 257 g/mol. The molecule has 3 rings (SSSR count). The number of aryl methyl sites for hydroxylation is 1. The molecule has 0 amide bonds. The van der Waals surface area contributed by atoms with E-state index in [2.05, 4.69) is 10.3 Å². The third-order valence-corrected chi connectivity index (χ3v) is 3.36. The van der Waals surface area contributed by atoms with Crippen LogP contribution >= 0.6 is 0 Å². The number of fused-ring (bicyclic) bond motifs is 2. The Morgan fingerprint density at radius 2 is 2.05 bits per heavy atom. The summed E-state index contributed by atoms with van der Waals surface area (Å²) < 4.78 is 39.8. The first-order valence-corrected chi connectivity index (χ1v) is 5.95. The van der Waals surface area contributed by atoms with Crippen molar-refractivity contribution in [2.45, 2.75) is 19.0 Å². The summed E-state index contributed by atoms with van der Waals surface area (Å²) in [5, 5.41) is 2.88. The molecule has 2 aromatic rings. The van der Waals surface area contributed by atoms with Gasteiger partial charge in [0.2, 0.25) is 0 Å². The lowest BCUT2D eigenvalue weighted by Crippen LogP contribution is -2.18. The molecule has 2 heterocycles. The predicted molar refractivity (Wildman–Crippen MR) is 65.5 cm³/mol. The van der Waals surface area contributed by atoms with E-state index in [4.69, 9.17) is 0 Å². The van der Waals surface area contributed by atoms with Gasteiger partial charge in [0.25, 0.3) is 0 Å². The smallest absolute Gasteiger partial charge is 0.384 e. The summed E-state index contributed by atoms with van der Waals surface area (Å²) >= 11 is 0. The standard InChI is InChI=1S/C13H11F3N2O/c14-13(15,16)11-9-5-8(6-19)18-10(9)4-7-2-1-3-17-12(7)11/h4-6,17-18H,1-3H2. The van der Waals surface area contributed by atoms with Gasteiger partial charge >= 0.3 is 6.18 Å². The molecule has 1 aromatic carbocycles. The summed E-state index contributed by atoms with van der Waals surface area (Å²) in [7, 11) is 0. The van der Waals surface area contributed by atoms with Gasteiger partial charge in [0.1, 0.15) is 0 Å². The minimum Gasteiger partial charge on any atom is -0.384 e. The first-order valence-electron chi connectivity index (χ1n) is 5.95. The molecule has 6 heteroatoms. The topological polar surface area (TPSA) is 44.9 Å². The highest BCUT2D eigenvalue weighted by Crippen LogP contribution is 2.43. The number of rotatable bonds is 1. The average Bonchev–Trinajstić information content (AvgIpc) is 2.76. The molecule has 0 atom stereocenters. The van der Waals surface area contributed by atoms with Gasteiger partial charge in [-0.15, -0.1) is 0 Å². The van der Waals surface area contributed by atoms with Crippen LogP contribution in [0.1, 0.15) is 28.0 Å². The van der Waals surface area contributed by atoms with Crippen LogP contribution in [0.5, 0.6) is 0 Å². The number of aromatic nitrogens is 1. The molecule has 0 bridgehead atoms. The first-order chi connectivity index (χ1) is 9.00. The van der Waals surface area contributed by atoms with Crippen molar-refractivity contribution < 1.29 is 18.0 Å². The maximum absolute atomic E-state index is 13.3. The zero-order valence-corrected chi connectivity index (χ0v) is 9.90. The molecule has 2 N–H and O–H groups in total. The van der Waals surface area contributed by atoms with E-state index in [0.717, 1.165) is 6.42 Å². The van der Waals surface area contributed by atoms with Crippen LogP contribution in [-0.4, -0.2) is 17.8 Å². The van der Waals surface area contributed by atoms with Crippen molar-refractivity contribution in [3.8, 4) is 0 Å². The van der Waals surface area contributed by atoms with E-state index in [1.54, 1.807) is 6.07 Å². The molecule has 0 saturated heterocycles. The first kappa shape index (κ1) is 12.1. The van der Waals surface area contributed by atoms with Crippen molar-refractivity contribution in [2.24, 2.45) is 0 Å². The number of carbonyl (C=O) groups excluding carboxylic acids is 1. The molecule has 1 aliphatic heterocycles. The fourth-order valence-electron chi connectivity index (χ4n) is 2.60.